The van der Waals surface area contributed by atoms with Gasteiger partial charge in [-0.3, -0.25) is 9.89 Å². The van der Waals surface area contributed by atoms with E-state index in [4.69, 9.17) is 19.2 Å². The molecule has 0 bridgehead atoms. The fraction of sp³-hybridized carbons (Fsp3) is 0.667. The van der Waals surface area contributed by atoms with E-state index in [1.165, 1.54) is 5.56 Å². The molecule has 0 aliphatic carbocycles. The molecule has 1 heterocycles. The van der Waals surface area contributed by atoms with Crippen molar-refractivity contribution >= 4 is 5.96 Å². The number of hydrogen-bond acceptors (Lipinski definition) is 5. The molecule has 0 amide bonds. The number of hydrogen-bond donors (Lipinski definition) is 2. The van der Waals surface area contributed by atoms with Gasteiger partial charge in [0.2, 0.25) is 0 Å². The van der Waals surface area contributed by atoms with Crippen LogP contribution in [0.5, 0.6) is 11.5 Å². The minimum Gasteiger partial charge on any atom is -0.493 e. The van der Waals surface area contributed by atoms with Crippen LogP contribution in [-0.2, 0) is 11.2 Å². The maximum atomic E-state index is 5.65. The Labute approximate surface area is 169 Å². The molecule has 158 valence electrons. The van der Waals surface area contributed by atoms with E-state index in [-0.39, 0.29) is 0 Å². The summed E-state index contributed by atoms with van der Waals surface area (Å²) in [6.07, 6.45) is 1.94. The second-order valence-electron chi connectivity index (χ2n) is 6.66. The molecular weight excluding hydrogens is 356 g/mol. The lowest BCUT2D eigenvalue weighted by Gasteiger charge is -2.26. The standard InChI is InChI=1S/C21H36N4O3/c1-4-22-21(24-11-12-25-13-15-27-16-14-25)23-10-6-7-18-8-9-19(26-3)20(17-18)28-5-2/h8-9,17H,4-7,10-16H2,1-3H3,(H2,22,23,24). The lowest BCUT2D eigenvalue weighted by atomic mass is 10.1. The van der Waals surface area contributed by atoms with Gasteiger partial charge in [-0.1, -0.05) is 6.07 Å². The van der Waals surface area contributed by atoms with Crippen molar-refractivity contribution in [2.75, 3.05) is 66.2 Å². The van der Waals surface area contributed by atoms with Crippen LogP contribution in [0.4, 0.5) is 0 Å². The summed E-state index contributed by atoms with van der Waals surface area (Å²) in [7, 11) is 1.67. The van der Waals surface area contributed by atoms with E-state index in [9.17, 15) is 0 Å². The van der Waals surface area contributed by atoms with Crippen LogP contribution in [0.2, 0.25) is 0 Å². The van der Waals surface area contributed by atoms with Crippen molar-refractivity contribution in [1.29, 1.82) is 0 Å². The number of methoxy groups -OCH3 is 1. The predicted octanol–water partition coefficient (Wildman–Crippen LogP) is 1.91. The molecule has 28 heavy (non-hydrogen) atoms. The highest BCUT2D eigenvalue weighted by Crippen LogP contribution is 2.28. The average molecular weight is 393 g/mol. The molecule has 1 saturated heterocycles. The summed E-state index contributed by atoms with van der Waals surface area (Å²) in [6.45, 7) is 12.0. The number of aryl methyl sites for hydroxylation is 1. The zero-order valence-corrected chi connectivity index (χ0v) is 17.6. The fourth-order valence-corrected chi connectivity index (χ4v) is 3.12. The Kier molecular flexibility index (Phi) is 10.5. The van der Waals surface area contributed by atoms with Crippen LogP contribution in [0.25, 0.3) is 0 Å². The molecule has 2 rings (SSSR count). The summed E-state index contributed by atoms with van der Waals surface area (Å²) in [5, 5.41) is 6.75. The third-order valence-electron chi connectivity index (χ3n) is 4.59. The molecule has 1 aliphatic heterocycles. The summed E-state index contributed by atoms with van der Waals surface area (Å²) in [4.78, 5) is 7.12. The molecule has 0 radical (unpaired) electrons. The Morgan fingerprint density at radius 3 is 2.71 bits per heavy atom. The van der Waals surface area contributed by atoms with Crippen LogP contribution in [0.1, 0.15) is 25.8 Å². The molecule has 1 fully saturated rings. The first-order valence-corrected chi connectivity index (χ1v) is 10.4. The molecule has 0 aromatic heterocycles. The topological polar surface area (TPSA) is 67.4 Å². The molecule has 0 saturated carbocycles. The quantitative estimate of drug-likeness (QED) is 0.341. The maximum Gasteiger partial charge on any atom is 0.191 e. The van der Waals surface area contributed by atoms with Crippen LogP contribution in [0.3, 0.4) is 0 Å². The number of guanidine groups is 1. The van der Waals surface area contributed by atoms with Crippen molar-refractivity contribution in [2.45, 2.75) is 26.7 Å². The van der Waals surface area contributed by atoms with E-state index in [2.05, 4.69) is 34.6 Å². The van der Waals surface area contributed by atoms with Crippen molar-refractivity contribution < 1.29 is 14.2 Å². The van der Waals surface area contributed by atoms with Gasteiger partial charge in [0, 0.05) is 39.3 Å². The van der Waals surface area contributed by atoms with Gasteiger partial charge in [0.25, 0.3) is 0 Å². The first-order chi connectivity index (χ1) is 13.8. The number of ether oxygens (including phenoxy) is 3. The Hall–Kier alpha value is -1.99. The van der Waals surface area contributed by atoms with Crippen molar-refractivity contribution in [2.24, 2.45) is 4.99 Å². The van der Waals surface area contributed by atoms with Crippen molar-refractivity contribution in [3.63, 3.8) is 0 Å². The highest BCUT2D eigenvalue weighted by Gasteiger charge is 2.09. The van der Waals surface area contributed by atoms with Gasteiger partial charge in [0.1, 0.15) is 0 Å². The second kappa shape index (κ2) is 13.2. The number of aliphatic imine (C=N–C) groups is 1. The zero-order chi connectivity index (χ0) is 20.0. The van der Waals surface area contributed by atoms with Gasteiger partial charge in [0.15, 0.2) is 17.5 Å². The smallest absolute Gasteiger partial charge is 0.191 e. The molecule has 0 atom stereocenters. The molecule has 0 spiro atoms. The van der Waals surface area contributed by atoms with Gasteiger partial charge in [-0.15, -0.1) is 0 Å². The van der Waals surface area contributed by atoms with E-state index in [1.54, 1.807) is 7.11 Å². The molecule has 7 heteroatoms. The SMILES string of the molecule is CCNC(=NCCCc1ccc(OC)c(OCC)c1)NCCN1CCOCC1. The fourth-order valence-electron chi connectivity index (χ4n) is 3.12. The molecule has 7 nitrogen and oxygen atoms in total. The van der Waals surface area contributed by atoms with E-state index in [0.717, 1.165) is 82.8 Å². The third kappa shape index (κ3) is 7.94. The van der Waals surface area contributed by atoms with Crippen LogP contribution >= 0.6 is 0 Å². The van der Waals surface area contributed by atoms with Crippen molar-refractivity contribution in [3.05, 3.63) is 23.8 Å². The molecule has 0 unspecified atom stereocenters. The maximum absolute atomic E-state index is 5.65. The van der Waals surface area contributed by atoms with E-state index < -0.39 is 0 Å². The van der Waals surface area contributed by atoms with E-state index >= 15 is 0 Å². The summed E-state index contributed by atoms with van der Waals surface area (Å²) in [6, 6.07) is 6.13. The van der Waals surface area contributed by atoms with Crippen LogP contribution in [0.15, 0.2) is 23.2 Å². The monoisotopic (exact) mass is 392 g/mol. The lowest BCUT2D eigenvalue weighted by molar-refractivity contribution is 0.0389. The van der Waals surface area contributed by atoms with E-state index in [0.29, 0.717) is 6.61 Å². The van der Waals surface area contributed by atoms with Gasteiger partial charge in [-0.05, 0) is 44.4 Å². The lowest BCUT2D eigenvalue weighted by Crippen LogP contribution is -2.44. The highest BCUT2D eigenvalue weighted by molar-refractivity contribution is 5.79. The summed E-state index contributed by atoms with van der Waals surface area (Å²) >= 11 is 0. The minimum absolute atomic E-state index is 0.631. The number of nitrogens with one attached hydrogen (secondary N) is 2. The van der Waals surface area contributed by atoms with Crippen LogP contribution < -0.4 is 20.1 Å². The van der Waals surface area contributed by atoms with Gasteiger partial charge < -0.3 is 24.8 Å². The number of nitrogens with zero attached hydrogens (tertiary/aromatic N) is 2. The molecule has 1 aromatic rings. The van der Waals surface area contributed by atoms with Gasteiger partial charge in [0.05, 0.1) is 26.9 Å². The van der Waals surface area contributed by atoms with Crippen molar-refractivity contribution in [1.82, 2.24) is 15.5 Å². The predicted molar refractivity (Wildman–Crippen MR) is 114 cm³/mol. The van der Waals surface area contributed by atoms with E-state index in [1.807, 2.05) is 13.0 Å². The zero-order valence-electron chi connectivity index (χ0n) is 17.6. The molecular formula is C21H36N4O3. The summed E-state index contributed by atoms with van der Waals surface area (Å²) in [5.74, 6) is 2.48. The normalized spacial score (nSPS) is 15.3. The second-order valence-corrected chi connectivity index (χ2v) is 6.66. The summed E-state index contributed by atoms with van der Waals surface area (Å²) < 4.78 is 16.4. The Morgan fingerprint density at radius 2 is 2.00 bits per heavy atom. The first kappa shape index (κ1) is 22.3. The molecule has 1 aliphatic rings. The number of rotatable bonds is 11. The Bertz CT molecular complexity index is 589. The Balaban J connectivity index is 1.75. The average Bonchev–Trinajstić information content (AvgIpc) is 2.72. The number of benzene rings is 1. The third-order valence-corrected chi connectivity index (χ3v) is 4.59. The van der Waals surface area contributed by atoms with Gasteiger partial charge in [-0.2, -0.15) is 0 Å². The molecule has 1 aromatic carbocycles. The largest absolute Gasteiger partial charge is 0.493 e. The minimum atomic E-state index is 0.631. The first-order valence-electron chi connectivity index (χ1n) is 10.4. The Morgan fingerprint density at radius 1 is 1.18 bits per heavy atom. The number of morpholine rings is 1. The highest BCUT2D eigenvalue weighted by atomic mass is 16.5. The van der Waals surface area contributed by atoms with Crippen LogP contribution in [-0.4, -0.2) is 77.1 Å². The van der Waals surface area contributed by atoms with Crippen LogP contribution in [0, 0.1) is 0 Å². The summed E-state index contributed by atoms with van der Waals surface area (Å²) in [5.41, 5.74) is 1.24. The van der Waals surface area contributed by atoms with Crippen molar-refractivity contribution in [3.8, 4) is 11.5 Å². The van der Waals surface area contributed by atoms with Gasteiger partial charge >= 0.3 is 0 Å². The molecule has 2 N–H and O–H groups in total. The van der Waals surface area contributed by atoms with Gasteiger partial charge in [-0.25, -0.2) is 0 Å².